The summed E-state index contributed by atoms with van der Waals surface area (Å²) in [5, 5.41) is 5.81. The number of piperidine rings is 1. The lowest BCUT2D eigenvalue weighted by atomic mass is 9.93. The van der Waals surface area contributed by atoms with Gasteiger partial charge in [-0.1, -0.05) is 50.2 Å². The maximum atomic E-state index is 12.5. The van der Waals surface area contributed by atoms with Gasteiger partial charge >= 0.3 is 0 Å². The van der Waals surface area contributed by atoms with Crippen LogP contribution in [0.5, 0.6) is 0 Å². The van der Waals surface area contributed by atoms with Crippen LogP contribution in [0.4, 0.5) is 11.4 Å². The number of anilines is 2. The molecule has 27 heavy (non-hydrogen) atoms. The first-order valence-electron chi connectivity index (χ1n) is 9.27. The van der Waals surface area contributed by atoms with Crippen LogP contribution < -0.4 is 10.2 Å². The van der Waals surface area contributed by atoms with Crippen LogP contribution in [-0.4, -0.2) is 29.7 Å². The average Bonchev–Trinajstić information content (AvgIpc) is 3.10. The van der Waals surface area contributed by atoms with E-state index in [2.05, 4.69) is 41.4 Å². The minimum atomic E-state index is -0.0342. The van der Waals surface area contributed by atoms with Gasteiger partial charge in [-0.15, -0.1) is 11.3 Å². The van der Waals surface area contributed by atoms with Gasteiger partial charge in [0.05, 0.1) is 27.8 Å². The van der Waals surface area contributed by atoms with Crippen molar-refractivity contribution in [1.29, 1.82) is 0 Å². The van der Waals surface area contributed by atoms with Crippen molar-refractivity contribution in [3.8, 4) is 0 Å². The van der Waals surface area contributed by atoms with Crippen molar-refractivity contribution >= 4 is 52.0 Å². The van der Waals surface area contributed by atoms with Crippen LogP contribution >= 0.6 is 34.7 Å². The number of hydrogen-bond donors (Lipinski definition) is 1. The first-order valence-corrected chi connectivity index (χ1v) is 11.5. The first kappa shape index (κ1) is 20.5. The SMILES string of the molecule is CC(C)(C)c1csc(SCC(=O)Nc2cccc(Cl)c2N2CCCCC2)n1. The predicted octanol–water partition coefficient (Wildman–Crippen LogP) is 5.82. The van der Waals surface area contributed by atoms with Crippen LogP contribution in [0.3, 0.4) is 0 Å². The van der Waals surface area contributed by atoms with E-state index in [1.165, 1.54) is 18.2 Å². The van der Waals surface area contributed by atoms with Crippen LogP contribution in [-0.2, 0) is 10.2 Å². The quantitative estimate of drug-likeness (QED) is 0.616. The van der Waals surface area contributed by atoms with E-state index < -0.39 is 0 Å². The summed E-state index contributed by atoms with van der Waals surface area (Å²) >= 11 is 9.53. The number of amides is 1. The zero-order valence-electron chi connectivity index (χ0n) is 16.0. The third-order valence-electron chi connectivity index (χ3n) is 4.51. The third kappa shape index (κ3) is 5.39. The smallest absolute Gasteiger partial charge is 0.234 e. The Kier molecular flexibility index (Phi) is 6.71. The van der Waals surface area contributed by atoms with E-state index in [0.717, 1.165) is 47.3 Å². The van der Waals surface area contributed by atoms with E-state index in [4.69, 9.17) is 11.6 Å². The Morgan fingerprint density at radius 1 is 1.30 bits per heavy atom. The normalized spacial score (nSPS) is 15.0. The van der Waals surface area contributed by atoms with Crippen molar-refractivity contribution in [2.75, 3.05) is 29.1 Å². The zero-order valence-corrected chi connectivity index (χ0v) is 18.4. The number of benzene rings is 1. The number of rotatable bonds is 5. The molecule has 1 saturated heterocycles. The van der Waals surface area contributed by atoms with Crippen LogP contribution in [0, 0.1) is 0 Å². The molecule has 3 rings (SSSR count). The maximum absolute atomic E-state index is 12.5. The Bertz CT molecular complexity index is 795. The summed E-state index contributed by atoms with van der Waals surface area (Å²) in [6.45, 7) is 8.39. The van der Waals surface area contributed by atoms with E-state index in [-0.39, 0.29) is 11.3 Å². The number of hydrogen-bond acceptors (Lipinski definition) is 5. The van der Waals surface area contributed by atoms with E-state index in [0.29, 0.717) is 10.8 Å². The van der Waals surface area contributed by atoms with Gasteiger partial charge in [0.25, 0.3) is 0 Å². The van der Waals surface area contributed by atoms with E-state index >= 15 is 0 Å². The molecule has 0 radical (unpaired) electrons. The van der Waals surface area contributed by atoms with Crippen LogP contribution in [0.25, 0.3) is 0 Å². The third-order valence-corrected chi connectivity index (χ3v) is 6.84. The molecule has 1 amide bonds. The fourth-order valence-corrected chi connectivity index (χ4v) is 5.18. The molecule has 4 nitrogen and oxygen atoms in total. The molecular weight excluding hydrogens is 398 g/mol. The summed E-state index contributed by atoms with van der Waals surface area (Å²) in [6.07, 6.45) is 3.58. The van der Waals surface area contributed by atoms with E-state index in [9.17, 15) is 4.79 Å². The number of carbonyl (C=O) groups is 1. The standard InChI is InChI=1S/C20H26ClN3OS2/c1-20(2,3)16-12-26-19(23-16)27-13-17(25)22-15-9-7-8-14(21)18(15)24-10-5-4-6-11-24/h7-9,12H,4-6,10-11,13H2,1-3H3,(H,22,25). The van der Waals surface area contributed by atoms with Crippen LogP contribution in [0.1, 0.15) is 45.7 Å². The number of thiazole rings is 1. The highest BCUT2D eigenvalue weighted by atomic mass is 35.5. The summed E-state index contributed by atoms with van der Waals surface area (Å²) in [5.41, 5.74) is 2.84. The van der Waals surface area contributed by atoms with Gasteiger partial charge in [0, 0.05) is 23.9 Å². The number of halogens is 1. The first-order chi connectivity index (χ1) is 12.8. The summed E-state index contributed by atoms with van der Waals surface area (Å²) in [7, 11) is 0. The Morgan fingerprint density at radius 3 is 2.70 bits per heavy atom. The number of thioether (sulfide) groups is 1. The summed E-state index contributed by atoms with van der Waals surface area (Å²) in [4.78, 5) is 19.4. The Balaban J connectivity index is 1.64. The maximum Gasteiger partial charge on any atom is 0.234 e. The van der Waals surface area contributed by atoms with Crippen molar-refractivity contribution in [3.63, 3.8) is 0 Å². The minimum Gasteiger partial charge on any atom is -0.369 e. The fraction of sp³-hybridized carbons (Fsp3) is 0.500. The molecule has 0 saturated carbocycles. The number of nitrogens with zero attached hydrogens (tertiary/aromatic N) is 2. The van der Waals surface area contributed by atoms with Gasteiger partial charge in [-0.05, 0) is 31.4 Å². The van der Waals surface area contributed by atoms with Crippen LogP contribution in [0.15, 0.2) is 27.9 Å². The second-order valence-corrected chi connectivity index (χ2v) is 10.3. The van der Waals surface area contributed by atoms with Crippen molar-refractivity contribution in [2.24, 2.45) is 0 Å². The van der Waals surface area contributed by atoms with Crippen molar-refractivity contribution in [1.82, 2.24) is 4.98 Å². The van der Waals surface area contributed by atoms with Gasteiger partial charge in [0.15, 0.2) is 4.34 Å². The topological polar surface area (TPSA) is 45.2 Å². The number of aromatic nitrogens is 1. The Morgan fingerprint density at radius 2 is 2.04 bits per heavy atom. The molecule has 0 spiro atoms. The highest BCUT2D eigenvalue weighted by Crippen LogP contribution is 2.36. The largest absolute Gasteiger partial charge is 0.369 e. The number of carbonyl (C=O) groups excluding carboxylic acids is 1. The van der Waals surface area contributed by atoms with Gasteiger partial charge in [0.1, 0.15) is 0 Å². The molecular formula is C20H26ClN3OS2. The molecule has 7 heteroatoms. The van der Waals surface area contributed by atoms with Gasteiger partial charge in [-0.2, -0.15) is 0 Å². The van der Waals surface area contributed by atoms with Crippen LogP contribution in [0.2, 0.25) is 5.02 Å². The second kappa shape index (κ2) is 8.84. The lowest BCUT2D eigenvalue weighted by molar-refractivity contribution is -0.113. The fourth-order valence-electron chi connectivity index (χ4n) is 3.04. The Labute approximate surface area is 174 Å². The average molecular weight is 424 g/mol. The van der Waals surface area contributed by atoms with Gasteiger partial charge in [0.2, 0.25) is 5.91 Å². The predicted molar refractivity (Wildman–Crippen MR) is 118 cm³/mol. The molecule has 1 aliphatic heterocycles. The van der Waals surface area contributed by atoms with Crippen molar-refractivity contribution in [3.05, 3.63) is 34.3 Å². The molecule has 0 atom stereocenters. The lowest BCUT2D eigenvalue weighted by Crippen LogP contribution is -2.30. The van der Waals surface area contributed by atoms with Gasteiger partial charge < -0.3 is 10.2 Å². The molecule has 1 fully saturated rings. The number of para-hydroxylation sites is 1. The highest BCUT2D eigenvalue weighted by molar-refractivity contribution is 8.01. The molecule has 1 aromatic carbocycles. The molecule has 1 N–H and O–H groups in total. The molecule has 0 unspecified atom stereocenters. The molecule has 146 valence electrons. The summed E-state index contributed by atoms with van der Waals surface area (Å²) < 4.78 is 0.928. The number of nitrogens with one attached hydrogen (secondary N) is 1. The lowest BCUT2D eigenvalue weighted by Gasteiger charge is -2.31. The van der Waals surface area contributed by atoms with Crippen molar-refractivity contribution < 1.29 is 4.79 Å². The molecule has 1 aromatic heterocycles. The summed E-state index contributed by atoms with van der Waals surface area (Å²) in [6, 6.07) is 5.70. The summed E-state index contributed by atoms with van der Waals surface area (Å²) in [5.74, 6) is 0.302. The zero-order chi connectivity index (χ0) is 19.4. The highest BCUT2D eigenvalue weighted by Gasteiger charge is 2.20. The van der Waals surface area contributed by atoms with E-state index in [1.54, 1.807) is 11.3 Å². The Hall–Kier alpha value is -1.24. The molecule has 2 aromatic rings. The van der Waals surface area contributed by atoms with Gasteiger partial charge in [-0.25, -0.2) is 4.98 Å². The minimum absolute atomic E-state index is 0.0295. The second-order valence-electron chi connectivity index (χ2n) is 7.77. The molecule has 1 aliphatic rings. The van der Waals surface area contributed by atoms with Gasteiger partial charge in [-0.3, -0.25) is 4.79 Å². The van der Waals surface area contributed by atoms with Crippen molar-refractivity contribution in [2.45, 2.75) is 49.8 Å². The van der Waals surface area contributed by atoms with E-state index in [1.807, 2.05) is 18.2 Å². The monoisotopic (exact) mass is 423 g/mol. The molecule has 0 bridgehead atoms. The molecule has 0 aliphatic carbocycles. The molecule has 2 heterocycles.